The molecule has 0 radical (unpaired) electrons. The van der Waals surface area contributed by atoms with Crippen molar-refractivity contribution in [1.29, 1.82) is 0 Å². The van der Waals surface area contributed by atoms with E-state index < -0.39 is 0 Å². The normalized spacial score (nSPS) is 14.5. The molecule has 1 aromatic heterocycles. The monoisotopic (exact) mass is 456 g/mol. The maximum Gasteiger partial charge on any atom is 0.331 e. The molecule has 32 heavy (non-hydrogen) atoms. The Bertz CT molecular complexity index is 1120. The first-order valence-electron chi connectivity index (χ1n) is 11.4. The van der Waals surface area contributed by atoms with Gasteiger partial charge in [0.2, 0.25) is 0 Å². The molecule has 0 unspecified atom stereocenters. The van der Waals surface area contributed by atoms with Crippen LogP contribution in [-0.4, -0.2) is 46.8 Å². The van der Waals surface area contributed by atoms with Crippen LogP contribution in [0.5, 0.6) is 0 Å². The number of hydrogen-bond donors (Lipinski definition) is 0. The number of fused-ring (bicyclic) bond motifs is 1. The van der Waals surface area contributed by atoms with Gasteiger partial charge in [0.15, 0.2) is 0 Å². The molecule has 6 nitrogen and oxygen atoms in total. The maximum atomic E-state index is 13.1. The van der Waals surface area contributed by atoms with Gasteiger partial charge >= 0.3 is 5.69 Å². The summed E-state index contributed by atoms with van der Waals surface area (Å²) in [5.74, 6) is 0. The van der Waals surface area contributed by atoms with E-state index in [9.17, 15) is 9.59 Å². The fourth-order valence-corrected chi connectivity index (χ4v) is 4.42. The van der Waals surface area contributed by atoms with Crippen LogP contribution in [0.1, 0.15) is 26.2 Å². The van der Waals surface area contributed by atoms with E-state index in [1.54, 1.807) is 4.57 Å². The lowest BCUT2D eigenvalue weighted by Crippen LogP contribution is -2.47. The van der Waals surface area contributed by atoms with E-state index in [-0.39, 0.29) is 23.7 Å². The van der Waals surface area contributed by atoms with Crippen molar-refractivity contribution in [2.75, 3.05) is 37.6 Å². The first-order chi connectivity index (χ1) is 15.2. The zero-order valence-electron chi connectivity index (χ0n) is 18.8. The van der Waals surface area contributed by atoms with Crippen LogP contribution in [0.15, 0.2) is 64.2 Å². The molecule has 2 aromatic carbocycles. The van der Waals surface area contributed by atoms with E-state index in [0.717, 1.165) is 57.5 Å². The summed E-state index contributed by atoms with van der Waals surface area (Å²) < 4.78 is 3.22. The third-order valence-electron chi connectivity index (χ3n) is 6.22. The lowest BCUT2D eigenvalue weighted by atomic mass is 10.2. The quantitative estimate of drug-likeness (QED) is 0.519. The molecule has 1 fully saturated rings. The summed E-state index contributed by atoms with van der Waals surface area (Å²) in [7, 11) is 0. The second-order valence-electron chi connectivity index (χ2n) is 8.28. The fourth-order valence-electron chi connectivity index (χ4n) is 4.42. The fraction of sp³-hybridized carbons (Fsp3) is 0.440. The summed E-state index contributed by atoms with van der Waals surface area (Å²) in [6, 6.07) is 18.1. The highest BCUT2D eigenvalue weighted by molar-refractivity contribution is 5.85. The number of unbranched alkanes of at least 4 members (excludes halogenated alkanes) is 1. The van der Waals surface area contributed by atoms with Crippen molar-refractivity contribution in [3.63, 3.8) is 0 Å². The molecule has 0 bridgehead atoms. The van der Waals surface area contributed by atoms with Crippen LogP contribution in [0, 0.1) is 0 Å². The van der Waals surface area contributed by atoms with E-state index in [4.69, 9.17) is 0 Å². The van der Waals surface area contributed by atoms with Crippen molar-refractivity contribution in [2.24, 2.45) is 0 Å². The van der Waals surface area contributed by atoms with Gasteiger partial charge in [0.05, 0.1) is 10.9 Å². The average Bonchev–Trinajstić information content (AvgIpc) is 2.82. The largest absolute Gasteiger partial charge is 0.369 e. The minimum atomic E-state index is -0.175. The molecule has 3 aromatic rings. The summed E-state index contributed by atoms with van der Waals surface area (Å²) >= 11 is 0. The van der Waals surface area contributed by atoms with Crippen LogP contribution < -0.4 is 16.1 Å². The molecule has 1 saturated heterocycles. The Morgan fingerprint density at radius 1 is 0.750 bits per heavy atom. The highest BCUT2D eigenvalue weighted by Crippen LogP contribution is 2.16. The minimum absolute atomic E-state index is 0. The summed E-state index contributed by atoms with van der Waals surface area (Å²) in [5, 5.41) is 0.634. The van der Waals surface area contributed by atoms with Gasteiger partial charge in [-0.15, -0.1) is 12.4 Å². The number of rotatable bonds is 8. The van der Waals surface area contributed by atoms with Crippen LogP contribution >= 0.6 is 12.4 Å². The maximum absolute atomic E-state index is 13.1. The average molecular weight is 457 g/mol. The van der Waals surface area contributed by atoms with Crippen LogP contribution in [0.3, 0.4) is 0 Å². The minimum Gasteiger partial charge on any atom is -0.369 e. The molecule has 0 spiro atoms. The number of nitrogens with zero attached hydrogens (tertiary/aromatic N) is 4. The Balaban J connectivity index is 0.00000289. The molecule has 4 rings (SSSR count). The predicted molar refractivity (Wildman–Crippen MR) is 134 cm³/mol. The van der Waals surface area contributed by atoms with Crippen LogP contribution in [-0.2, 0) is 13.1 Å². The molecule has 172 valence electrons. The zero-order chi connectivity index (χ0) is 21.6. The number of para-hydroxylation sites is 2. The number of aryl methyl sites for hydroxylation is 1. The van der Waals surface area contributed by atoms with E-state index in [1.807, 2.05) is 24.3 Å². The van der Waals surface area contributed by atoms with Crippen molar-refractivity contribution in [3.8, 4) is 0 Å². The summed E-state index contributed by atoms with van der Waals surface area (Å²) in [6.07, 6.45) is 2.67. The number of halogens is 1. The molecular formula is C25H33ClN4O2. The highest BCUT2D eigenvalue weighted by Gasteiger charge is 2.17. The SMILES string of the molecule is CCCCn1c(=O)c2ccccc2n(CCCN2CCN(c3ccccc3)CC2)c1=O.Cl. The number of hydrogen-bond acceptors (Lipinski definition) is 4. The summed E-state index contributed by atoms with van der Waals surface area (Å²) in [4.78, 5) is 30.8. The molecule has 0 saturated carbocycles. The third kappa shape index (κ3) is 5.25. The van der Waals surface area contributed by atoms with E-state index in [2.05, 4.69) is 47.1 Å². The Labute approximate surface area is 195 Å². The van der Waals surface area contributed by atoms with Gasteiger partial charge in [-0.2, -0.15) is 0 Å². The zero-order valence-corrected chi connectivity index (χ0v) is 19.6. The van der Waals surface area contributed by atoms with Crippen molar-refractivity contribution < 1.29 is 0 Å². The number of benzene rings is 2. The van der Waals surface area contributed by atoms with Crippen molar-refractivity contribution in [1.82, 2.24) is 14.0 Å². The smallest absolute Gasteiger partial charge is 0.331 e. The molecular weight excluding hydrogens is 424 g/mol. The molecule has 1 aliphatic rings. The first-order valence-corrected chi connectivity index (χ1v) is 11.4. The molecule has 2 heterocycles. The lowest BCUT2D eigenvalue weighted by molar-refractivity contribution is 0.250. The van der Waals surface area contributed by atoms with Crippen molar-refractivity contribution in [2.45, 2.75) is 39.3 Å². The second kappa shape index (κ2) is 11.3. The van der Waals surface area contributed by atoms with Crippen LogP contribution in [0.2, 0.25) is 0 Å². The Hall–Kier alpha value is -2.57. The number of anilines is 1. The predicted octanol–water partition coefficient (Wildman–Crippen LogP) is 3.60. The van der Waals surface area contributed by atoms with Gasteiger partial charge in [-0.25, -0.2) is 4.79 Å². The Morgan fingerprint density at radius 2 is 1.41 bits per heavy atom. The topological polar surface area (TPSA) is 50.5 Å². The van der Waals surface area contributed by atoms with Gasteiger partial charge in [-0.3, -0.25) is 18.8 Å². The van der Waals surface area contributed by atoms with E-state index >= 15 is 0 Å². The number of aromatic nitrogens is 2. The molecule has 0 amide bonds. The first kappa shape index (κ1) is 24.1. The Morgan fingerprint density at radius 3 is 2.12 bits per heavy atom. The van der Waals surface area contributed by atoms with Gasteiger partial charge in [0, 0.05) is 45.0 Å². The molecule has 0 N–H and O–H groups in total. The van der Waals surface area contributed by atoms with Gasteiger partial charge in [-0.1, -0.05) is 43.7 Å². The van der Waals surface area contributed by atoms with Crippen LogP contribution in [0.25, 0.3) is 10.9 Å². The van der Waals surface area contributed by atoms with E-state index in [0.29, 0.717) is 18.5 Å². The summed E-state index contributed by atoms with van der Waals surface area (Å²) in [5.41, 5.74) is 1.70. The highest BCUT2D eigenvalue weighted by atomic mass is 35.5. The Kier molecular flexibility index (Phi) is 8.53. The van der Waals surface area contributed by atoms with Gasteiger partial charge < -0.3 is 4.90 Å². The third-order valence-corrected chi connectivity index (χ3v) is 6.22. The van der Waals surface area contributed by atoms with Crippen molar-refractivity contribution >= 4 is 29.0 Å². The lowest BCUT2D eigenvalue weighted by Gasteiger charge is -2.36. The number of piperazine rings is 1. The molecule has 0 aliphatic carbocycles. The molecule has 1 aliphatic heterocycles. The van der Waals surface area contributed by atoms with Gasteiger partial charge in [0.1, 0.15) is 0 Å². The van der Waals surface area contributed by atoms with Crippen molar-refractivity contribution in [3.05, 3.63) is 75.4 Å². The molecule has 7 heteroatoms. The summed E-state index contributed by atoms with van der Waals surface area (Å²) in [6.45, 7) is 8.25. The second-order valence-corrected chi connectivity index (χ2v) is 8.28. The van der Waals surface area contributed by atoms with Gasteiger partial charge in [0.25, 0.3) is 5.56 Å². The van der Waals surface area contributed by atoms with Crippen LogP contribution in [0.4, 0.5) is 5.69 Å². The van der Waals surface area contributed by atoms with Gasteiger partial charge in [-0.05, 0) is 43.7 Å². The standard InChI is InChI=1S/C25H32N4O2.ClH/c1-2-3-15-29-24(30)22-12-7-8-13-23(22)28(25(29)31)16-9-14-26-17-19-27(20-18-26)21-10-5-4-6-11-21;/h4-8,10-13H,2-3,9,14-20H2,1H3;1H. The van der Waals surface area contributed by atoms with E-state index in [1.165, 1.54) is 10.3 Å². The molecule has 0 atom stereocenters.